The summed E-state index contributed by atoms with van der Waals surface area (Å²) < 4.78 is 1.08. The van der Waals surface area contributed by atoms with Crippen LogP contribution in [0, 0.1) is 0 Å². The molecule has 0 fully saturated rings. The summed E-state index contributed by atoms with van der Waals surface area (Å²) in [5.74, 6) is 0. The van der Waals surface area contributed by atoms with Crippen LogP contribution in [0.4, 0.5) is 0 Å². The molecule has 2 heteroatoms. The summed E-state index contributed by atoms with van der Waals surface area (Å²) in [6, 6.07) is 29.2. The summed E-state index contributed by atoms with van der Waals surface area (Å²) in [6.07, 6.45) is 0. The van der Waals surface area contributed by atoms with Gasteiger partial charge >= 0.3 is 0 Å². The number of para-hydroxylation sites is 1. The SMILES string of the molecule is Brc1ccc(-c2cc3ccccc3nc2-c2ccccc2)cc1. The first-order chi connectivity index (χ1) is 11.3. The van der Waals surface area contributed by atoms with E-state index in [1.54, 1.807) is 0 Å². The van der Waals surface area contributed by atoms with Gasteiger partial charge in [0.15, 0.2) is 0 Å². The van der Waals surface area contributed by atoms with Crippen molar-refractivity contribution >= 4 is 26.8 Å². The fourth-order valence-electron chi connectivity index (χ4n) is 2.78. The Bertz CT molecular complexity index is 960. The maximum absolute atomic E-state index is 4.93. The molecule has 0 amide bonds. The van der Waals surface area contributed by atoms with Crippen LogP contribution in [-0.4, -0.2) is 4.98 Å². The van der Waals surface area contributed by atoms with E-state index in [0.717, 1.165) is 32.2 Å². The topological polar surface area (TPSA) is 12.9 Å². The van der Waals surface area contributed by atoms with Crippen molar-refractivity contribution in [2.24, 2.45) is 0 Å². The first-order valence-electron chi connectivity index (χ1n) is 7.52. The summed E-state index contributed by atoms with van der Waals surface area (Å²) in [4.78, 5) is 4.93. The van der Waals surface area contributed by atoms with Gasteiger partial charge in [0.1, 0.15) is 0 Å². The van der Waals surface area contributed by atoms with Crippen molar-refractivity contribution in [3.05, 3.63) is 89.4 Å². The van der Waals surface area contributed by atoms with Gasteiger partial charge in [0.05, 0.1) is 11.2 Å². The van der Waals surface area contributed by atoms with E-state index < -0.39 is 0 Å². The molecule has 0 spiro atoms. The third-order valence-corrected chi connectivity index (χ3v) is 4.46. The second-order valence-electron chi connectivity index (χ2n) is 5.45. The molecule has 3 aromatic carbocycles. The van der Waals surface area contributed by atoms with E-state index in [9.17, 15) is 0 Å². The highest BCUT2D eigenvalue weighted by Gasteiger charge is 2.11. The molecule has 110 valence electrons. The fourth-order valence-corrected chi connectivity index (χ4v) is 3.05. The Labute approximate surface area is 143 Å². The van der Waals surface area contributed by atoms with Crippen LogP contribution in [-0.2, 0) is 0 Å². The Morgan fingerprint density at radius 3 is 2.13 bits per heavy atom. The van der Waals surface area contributed by atoms with Gasteiger partial charge in [0, 0.05) is 21.0 Å². The molecule has 0 radical (unpaired) electrons. The van der Waals surface area contributed by atoms with Gasteiger partial charge in [-0.1, -0.05) is 76.6 Å². The van der Waals surface area contributed by atoms with Gasteiger partial charge in [-0.3, -0.25) is 0 Å². The van der Waals surface area contributed by atoms with E-state index in [1.807, 2.05) is 12.1 Å². The van der Waals surface area contributed by atoms with Crippen LogP contribution in [0.1, 0.15) is 0 Å². The number of hydrogen-bond donors (Lipinski definition) is 0. The van der Waals surface area contributed by atoms with Gasteiger partial charge in [-0.25, -0.2) is 4.98 Å². The number of pyridine rings is 1. The molecular formula is C21H14BrN. The minimum atomic E-state index is 1.02. The highest BCUT2D eigenvalue weighted by atomic mass is 79.9. The Morgan fingerprint density at radius 2 is 1.35 bits per heavy atom. The number of fused-ring (bicyclic) bond motifs is 1. The molecule has 0 unspecified atom stereocenters. The Kier molecular flexibility index (Phi) is 3.68. The Balaban J connectivity index is 2.02. The summed E-state index contributed by atoms with van der Waals surface area (Å²) in [5.41, 5.74) is 5.50. The highest BCUT2D eigenvalue weighted by Crippen LogP contribution is 2.33. The lowest BCUT2D eigenvalue weighted by Crippen LogP contribution is -1.91. The van der Waals surface area contributed by atoms with Crippen LogP contribution in [0.5, 0.6) is 0 Å². The van der Waals surface area contributed by atoms with Gasteiger partial charge in [0.25, 0.3) is 0 Å². The lowest BCUT2D eigenvalue weighted by atomic mass is 9.97. The maximum atomic E-state index is 4.93. The largest absolute Gasteiger partial charge is 0.247 e. The van der Waals surface area contributed by atoms with E-state index in [-0.39, 0.29) is 0 Å². The average molecular weight is 360 g/mol. The van der Waals surface area contributed by atoms with Crippen molar-refractivity contribution in [1.82, 2.24) is 4.98 Å². The number of nitrogens with zero attached hydrogens (tertiary/aromatic N) is 1. The Morgan fingerprint density at radius 1 is 0.652 bits per heavy atom. The zero-order valence-corrected chi connectivity index (χ0v) is 14.0. The van der Waals surface area contributed by atoms with Crippen LogP contribution in [0.3, 0.4) is 0 Å². The van der Waals surface area contributed by atoms with Crippen LogP contribution in [0.15, 0.2) is 89.4 Å². The van der Waals surface area contributed by atoms with Gasteiger partial charge in [-0.05, 0) is 29.8 Å². The molecule has 23 heavy (non-hydrogen) atoms. The number of hydrogen-bond acceptors (Lipinski definition) is 1. The number of benzene rings is 3. The zero-order chi connectivity index (χ0) is 15.6. The molecular weight excluding hydrogens is 346 g/mol. The van der Waals surface area contributed by atoms with Gasteiger partial charge in [-0.2, -0.15) is 0 Å². The van der Waals surface area contributed by atoms with Crippen molar-refractivity contribution in [1.29, 1.82) is 0 Å². The van der Waals surface area contributed by atoms with E-state index in [0.29, 0.717) is 0 Å². The molecule has 0 aliphatic carbocycles. The maximum Gasteiger partial charge on any atom is 0.0788 e. The highest BCUT2D eigenvalue weighted by molar-refractivity contribution is 9.10. The summed E-state index contributed by atoms with van der Waals surface area (Å²) in [6.45, 7) is 0. The Hall–Kier alpha value is -2.45. The van der Waals surface area contributed by atoms with E-state index in [4.69, 9.17) is 4.98 Å². The molecule has 1 heterocycles. The standard InChI is InChI=1S/C21H14BrN/c22-18-12-10-15(11-13-18)19-14-17-8-4-5-9-20(17)23-21(19)16-6-2-1-3-7-16/h1-14H. The zero-order valence-electron chi connectivity index (χ0n) is 12.4. The molecule has 1 aromatic heterocycles. The van der Waals surface area contributed by atoms with E-state index >= 15 is 0 Å². The average Bonchev–Trinajstić information content (AvgIpc) is 2.62. The molecule has 0 saturated carbocycles. The van der Waals surface area contributed by atoms with Gasteiger partial charge in [-0.15, -0.1) is 0 Å². The third kappa shape index (κ3) is 2.78. The van der Waals surface area contributed by atoms with Crippen LogP contribution >= 0.6 is 15.9 Å². The summed E-state index contributed by atoms with van der Waals surface area (Å²) >= 11 is 3.51. The first-order valence-corrected chi connectivity index (χ1v) is 8.32. The van der Waals surface area contributed by atoms with Crippen molar-refractivity contribution in [3.63, 3.8) is 0 Å². The lowest BCUT2D eigenvalue weighted by molar-refractivity contribution is 1.39. The van der Waals surface area contributed by atoms with E-state index in [2.05, 4.69) is 88.7 Å². The smallest absolute Gasteiger partial charge is 0.0788 e. The van der Waals surface area contributed by atoms with Crippen molar-refractivity contribution in [3.8, 4) is 22.4 Å². The molecule has 0 aliphatic rings. The molecule has 4 aromatic rings. The monoisotopic (exact) mass is 359 g/mol. The van der Waals surface area contributed by atoms with Gasteiger partial charge < -0.3 is 0 Å². The molecule has 4 rings (SSSR count). The molecule has 0 atom stereocenters. The molecule has 1 nitrogen and oxygen atoms in total. The van der Waals surface area contributed by atoms with Crippen molar-refractivity contribution in [2.75, 3.05) is 0 Å². The third-order valence-electron chi connectivity index (χ3n) is 3.93. The van der Waals surface area contributed by atoms with Crippen molar-refractivity contribution < 1.29 is 0 Å². The number of rotatable bonds is 2. The first kappa shape index (κ1) is 14.2. The quantitative estimate of drug-likeness (QED) is 0.407. The van der Waals surface area contributed by atoms with Crippen LogP contribution in [0.2, 0.25) is 0 Å². The predicted octanol–water partition coefficient (Wildman–Crippen LogP) is 6.33. The molecule has 0 N–H and O–H groups in total. The van der Waals surface area contributed by atoms with Crippen LogP contribution < -0.4 is 0 Å². The minimum Gasteiger partial charge on any atom is -0.247 e. The summed E-state index contributed by atoms with van der Waals surface area (Å²) in [7, 11) is 0. The normalized spacial score (nSPS) is 10.8. The summed E-state index contributed by atoms with van der Waals surface area (Å²) in [5, 5.41) is 1.16. The van der Waals surface area contributed by atoms with E-state index in [1.165, 1.54) is 5.56 Å². The molecule has 0 aliphatic heterocycles. The predicted molar refractivity (Wildman–Crippen MR) is 100 cm³/mol. The molecule has 0 saturated heterocycles. The second kappa shape index (κ2) is 5.98. The second-order valence-corrected chi connectivity index (χ2v) is 6.37. The van der Waals surface area contributed by atoms with Gasteiger partial charge in [0.2, 0.25) is 0 Å². The molecule has 0 bridgehead atoms. The lowest BCUT2D eigenvalue weighted by Gasteiger charge is -2.11. The number of halogens is 1. The van der Waals surface area contributed by atoms with Crippen molar-refractivity contribution in [2.45, 2.75) is 0 Å². The minimum absolute atomic E-state index is 1.02. The number of aromatic nitrogens is 1. The fraction of sp³-hybridized carbons (Fsp3) is 0. The van der Waals surface area contributed by atoms with Crippen LogP contribution in [0.25, 0.3) is 33.3 Å².